The minimum Gasteiger partial charge on any atom is -0.459 e. The van der Waals surface area contributed by atoms with Gasteiger partial charge in [0.2, 0.25) is 0 Å². The van der Waals surface area contributed by atoms with E-state index in [1.165, 1.54) is 0 Å². The van der Waals surface area contributed by atoms with Gasteiger partial charge in [-0.2, -0.15) is 0 Å². The first-order chi connectivity index (χ1) is 9.29. The number of carbonyl (C=O) groups excluding carboxylic acids is 1. The maximum absolute atomic E-state index is 12.1. The van der Waals surface area contributed by atoms with Crippen molar-refractivity contribution in [2.75, 3.05) is 5.32 Å². The standard InChI is InChI=1S/C15H20N2O3/c1-14(2,3)20-12(18)11-8-15(19)9-6-4-5-7-10(9)16-13(15)17-11/h4-7,11,13,16-17,19H,8H2,1-3H3/t11-,13-,15+/m0/s1. The molecule has 1 aromatic carbocycles. The summed E-state index contributed by atoms with van der Waals surface area (Å²) in [5.41, 5.74) is 0.168. The molecule has 1 fully saturated rings. The van der Waals surface area contributed by atoms with Gasteiger partial charge in [0.1, 0.15) is 23.4 Å². The lowest BCUT2D eigenvalue weighted by molar-refractivity contribution is -0.157. The number of esters is 1. The van der Waals surface area contributed by atoms with E-state index in [4.69, 9.17) is 4.74 Å². The number of rotatable bonds is 1. The zero-order valence-electron chi connectivity index (χ0n) is 11.9. The third-order valence-electron chi connectivity index (χ3n) is 3.75. The van der Waals surface area contributed by atoms with Crippen molar-refractivity contribution in [1.82, 2.24) is 5.32 Å². The van der Waals surface area contributed by atoms with Crippen molar-refractivity contribution < 1.29 is 14.6 Å². The van der Waals surface area contributed by atoms with Gasteiger partial charge in [0.05, 0.1) is 0 Å². The SMILES string of the molecule is CC(C)(C)OC(=O)[C@@H]1C[C@@]2(O)c3ccccc3N[C@H]2N1. The Hall–Kier alpha value is -1.59. The molecule has 5 heteroatoms. The van der Waals surface area contributed by atoms with Crippen LogP contribution in [0.2, 0.25) is 0 Å². The fourth-order valence-corrected chi connectivity index (χ4v) is 2.92. The van der Waals surface area contributed by atoms with E-state index in [-0.39, 0.29) is 12.1 Å². The van der Waals surface area contributed by atoms with Crippen LogP contribution in [0.15, 0.2) is 24.3 Å². The fourth-order valence-electron chi connectivity index (χ4n) is 2.92. The van der Waals surface area contributed by atoms with Crippen molar-refractivity contribution in [2.45, 2.75) is 50.6 Å². The molecule has 108 valence electrons. The minimum atomic E-state index is -1.06. The molecular weight excluding hydrogens is 256 g/mol. The third kappa shape index (κ3) is 2.07. The molecule has 0 saturated carbocycles. The average Bonchev–Trinajstić information content (AvgIpc) is 2.78. The quantitative estimate of drug-likeness (QED) is 0.675. The number of aliphatic hydroxyl groups is 1. The van der Waals surface area contributed by atoms with Crippen LogP contribution in [-0.2, 0) is 15.1 Å². The van der Waals surface area contributed by atoms with Crippen LogP contribution in [0.25, 0.3) is 0 Å². The van der Waals surface area contributed by atoms with Crippen LogP contribution in [0, 0.1) is 0 Å². The molecular formula is C15H20N2O3. The Morgan fingerprint density at radius 1 is 1.40 bits per heavy atom. The Balaban J connectivity index is 1.80. The summed E-state index contributed by atoms with van der Waals surface area (Å²) in [6.45, 7) is 5.51. The summed E-state index contributed by atoms with van der Waals surface area (Å²) < 4.78 is 5.38. The number of nitrogens with one attached hydrogen (secondary N) is 2. The van der Waals surface area contributed by atoms with E-state index in [9.17, 15) is 9.90 Å². The molecule has 0 aromatic heterocycles. The van der Waals surface area contributed by atoms with Gasteiger partial charge in [-0.1, -0.05) is 18.2 Å². The van der Waals surface area contributed by atoms with Crippen LogP contribution in [0.3, 0.4) is 0 Å². The largest absolute Gasteiger partial charge is 0.459 e. The van der Waals surface area contributed by atoms with Gasteiger partial charge in [0.15, 0.2) is 0 Å². The molecule has 3 atom stereocenters. The molecule has 20 heavy (non-hydrogen) atoms. The second kappa shape index (κ2) is 4.20. The minimum absolute atomic E-state index is 0.316. The highest BCUT2D eigenvalue weighted by Gasteiger charge is 2.54. The van der Waals surface area contributed by atoms with E-state index in [2.05, 4.69) is 10.6 Å². The van der Waals surface area contributed by atoms with Gasteiger partial charge >= 0.3 is 5.97 Å². The summed E-state index contributed by atoms with van der Waals surface area (Å²) >= 11 is 0. The van der Waals surface area contributed by atoms with Crippen LogP contribution in [0.5, 0.6) is 0 Å². The summed E-state index contributed by atoms with van der Waals surface area (Å²) in [7, 11) is 0. The van der Waals surface area contributed by atoms with Crippen LogP contribution in [-0.4, -0.2) is 28.9 Å². The Kier molecular flexibility index (Phi) is 2.81. The Labute approximate surface area is 118 Å². The van der Waals surface area contributed by atoms with E-state index in [0.717, 1.165) is 11.3 Å². The van der Waals surface area contributed by atoms with Crippen molar-refractivity contribution in [3.05, 3.63) is 29.8 Å². The summed E-state index contributed by atoms with van der Waals surface area (Å²) in [4.78, 5) is 12.1. The Bertz CT molecular complexity index is 552. The zero-order valence-corrected chi connectivity index (χ0v) is 11.9. The lowest BCUT2D eigenvalue weighted by atomic mass is 9.91. The van der Waals surface area contributed by atoms with Crippen LogP contribution >= 0.6 is 0 Å². The first-order valence-electron chi connectivity index (χ1n) is 6.87. The number of ether oxygens (including phenoxy) is 1. The predicted molar refractivity (Wildman–Crippen MR) is 75.1 cm³/mol. The Morgan fingerprint density at radius 3 is 2.80 bits per heavy atom. The molecule has 0 radical (unpaired) electrons. The molecule has 1 saturated heterocycles. The normalized spacial score (nSPS) is 31.4. The van der Waals surface area contributed by atoms with Gasteiger partial charge in [-0.3, -0.25) is 10.1 Å². The molecule has 2 heterocycles. The van der Waals surface area contributed by atoms with E-state index in [0.29, 0.717) is 6.42 Å². The second-order valence-corrected chi connectivity index (χ2v) is 6.50. The molecule has 0 amide bonds. The first kappa shape index (κ1) is 13.4. The third-order valence-corrected chi connectivity index (χ3v) is 3.75. The maximum atomic E-state index is 12.1. The zero-order chi connectivity index (χ0) is 14.5. The van der Waals surface area contributed by atoms with E-state index < -0.39 is 17.2 Å². The molecule has 0 bridgehead atoms. The van der Waals surface area contributed by atoms with E-state index >= 15 is 0 Å². The highest BCUT2D eigenvalue weighted by Crippen LogP contribution is 2.45. The van der Waals surface area contributed by atoms with Crippen molar-refractivity contribution in [1.29, 1.82) is 0 Å². The molecule has 2 aliphatic heterocycles. The summed E-state index contributed by atoms with van der Waals surface area (Å²) in [5, 5.41) is 17.2. The lowest BCUT2D eigenvalue weighted by Gasteiger charge is -2.23. The van der Waals surface area contributed by atoms with Gasteiger partial charge in [-0.25, -0.2) is 0 Å². The molecule has 1 aromatic rings. The second-order valence-electron chi connectivity index (χ2n) is 6.50. The molecule has 0 spiro atoms. The van der Waals surface area contributed by atoms with E-state index in [1.807, 2.05) is 45.0 Å². The molecule has 3 N–H and O–H groups in total. The topological polar surface area (TPSA) is 70.6 Å². The number of carbonyl (C=O) groups is 1. The summed E-state index contributed by atoms with van der Waals surface area (Å²) in [6, 6.07) is 7.13. The fraction of sp³-hybridized carbons (Fsp3) is 0.533. The molecule has 5 nitrogen and oxygen atoms in total. The highest BCUT2D eigenvalue weighted by molar-refractivity contribution is 5.78. The number of hydrogen-bond donors (Lipinski definition) is 3. The van der Waals surface area contributed by atoms with Crippen molar-refractivity contribution >= 4 is 11.7 Å². The molecule has 0 aliphatic carbocycles. The highest BCUT2D eigenvalue weighted by atomic mass is 16.6. The molecule has 2 aliphatic rings. The Morgan fingerprint density at radius 2 is 2.10 bits per heavy atom. The number of para-hydroxylation sites is 1. The molecule has 3 rings (SSSR count). The summed E-state index contributed by atoms with van der Waals surface area (Å²) in [6.07, 6.45) is -0.0335. The number of fused-ring (bicyclic) bond motifs is 3. The smallest absolute Gasteiger partial charge is 0.323 e. The predicted octanol–water partition coefficient (Wildman–Crippen LogP) is 1.33. The number of benzene rings is 1. The van der Waals surface area contributed by atoms with Crippen LogP contribution in [0.1, 0.15) is 32.8 Å². The first-order valence-corrected chi connectivity index (χ1v) is 6.87. The number of hydrogen-bond acceptors (Lipinski definition) is 5. The summed E-state index contributed by atoms with van der Waals surface area (Å²) in [5.74, 6) is -0.320. The van der Waals surface area contributed by atoms with Crippen LogP contribution in [0.4, 0.5) is 5.69 Å². The lowest BCUT2D eigenvalue weighted by Crippen LogP contribution is -2.44. The van der Waals surface area contributed by atoms with Gasteiger partial charge in [0, 0.05) is 17.7 Å². The van der Waals surface area contributed by atoms with Gasteiger partial charge in [-0.05, 0) is 26.8 Å². The maximum Gasteiger partial charge on any atom is 0.323 e. The molecule has 0 unspecified atom stereocenters. The van der Waals surface area contributed by atoms with Crippen LogP contribution < -0.4 is 10.6 Å². The van der Waals surface area contributed by atoms with Gasteiger partial charge in [0.25, 0.3) is 0 Å². The van der Waals surface area contributed by atoms with Gasteiger partial charge in [-0.15, -0.1) is 0 Å². The van der Waals surface area contributed by atoms with Crippen molar-refractivity contribution in [3.63, 3.8) is 0 Å². The van der Waals surface area contributed by atoms with Crippen molar-refractivity contribution in [2.24, 2.45) is 0 Å². The number of anilines is 1. The van der Waals surface area contributed by atoms with Crippen molar-refractivity contribution in [3.8, 4) is 0 Å². The van der Waals surface area contributed by atoms with Gasteiger partial charge < -0.3 is 15.2 Å². The average molecular weight is 276 g/mol. The monoisotopic (exact) mass is 276 g/mol. The van der Waals surface area contributed by atoms with E-state index in [1.54, 1.807) is 0 Å².